The number of imidazole rings is 1. The van der Waals surface area contributed by atoms with Crippen LogP contribution in [0.4, 0.5) is 5.69 Å². The molecule has 0 saturated heterocycles. The Morgan fingerprint density at radius 1 is 0.828 bits per heavy atom. The highest BCUT2D eigenvalue weighted by atomic mass is 16.6. The number of nitro groups is 1. The van der Waals surface area contributed by atoms with E-state index in [1.807, 2.05) is 54.7 Å². The molecule has 0 fully saturated rings. The van der Waals surface area contributed by atoms with Gasteiger partial charge in [-0.25, -0.2) is 4.98 Å². The lowest BCUT2D eigenvalue weighted by Gasteiger charge is -2.03. The standard InChI is InChI=1S/C23H16N4O2/c28-27(29)17-12-10-16(11-13-17)22-21(15-6-2-1-3-7-15)25-23(26-22)19-14-24-20-9-5-4-8-18(19)20/h1-14,24H,(H,25,26). The molecule has 2 heterocycles. The van der Waals surface area contributed by atoms with Gasteiger partial charge < -0.3 is 9.97 Å². The fraction of sp³-hybridized carbons (Fsp3) is 0. The monoisotopic (exact) mass is 380 g/mol. The molecule has 5 aromatic rings. The quantitative estimate of drug-likeness (QED) is 0.305. The molecule has 0 atom stereocenters. The van der Waals surface area contributed by atoms with Crippen molar-refractivity contribution >= 4 is 16.6 Å². The molecule has 3 aromatic carbocycles. The van der Waals surface area contributed by atoms with Crippen LogP contribution in [0.2, 0.25) is 0 Å². The topological polar surface area (TPSA) is 87.6 Å². The molecule has 6 heteroatoms. The van der Waals surface area contributed by atoms with Crippen LogP contribution in [-0.4, -0.2) is 19.9 Å². The molecular weight excluding hydrogens is 364 g/mol. The second-order valence-corrected chi connectivity index (χ2v) is 6.73. The van der Waals surface area contributed by atoms with Gasteiger partial charge in [-0.2, -0.15) is 0 Å². The Balaban J connectivity index is 1.70. The van der Waals surface area contributed by atoms with Gasteiger partial charge in [0.15, 0.2) is 0 Å². The number of rotatable bonds is 4. The molecular formula is C23H16N4O2. The molecule has 29 heavy (non-hydrogen) atoms. The maximum Gasteiger partial charge on any atom is 0.269 e. The number of nitrogens with one attached hydrogen (secondary N) is 2. The van der Waals surface area contributed by atoms with Crippen LogP contribution < -0.4 is 0 Å². The van der Waals surface area contributed by atoms with Crippen LogP contribution in [0.1, 0.15) is 0 Å². The van der Waals surface area contributed by atoms with E-state index in [1.165, 1.54) is 12.1 Å². The first-order chi connectivity index (χ1) is 14.2. The molecule has 0 saturated carbocycles. The molecule has 2 aromatic heterocycles. The van der Waals surface area contributed by atoms with Crippen molar-refractivity contribution in [2.45, 2.75) is 0 Å². The van der Waals surface area contributed by atoms with Gasteiger partial charge in [-0.05, 0) is 18.2 Å². The van der Waals surface area contributed by atoms with Gasteiger partial charge in [0, 0.05) is 45.9 Å². The number of aromatic nitrogens is 3. The van der Waals surface area contributed by atoms with Gasteiger partial charge in [0.25, 0.3) is 5.69 Å². The van der Waals surface area contributed by atoms with Crippen LogP contribution in [0.3, 0.4) is 0 Å². The molecule has 0 amide bonds. The van der Waals surface area contributed by atoms with Gasteiger partial charge in [-0.1, -0.05) is 48.5 Å². The zero-order valence-corrected chi connectivity index (χ0v) is 15.3. The zero-order valence-electron chi connectivity index (χ0n) is 15.3. The Morgan fingerprint density at radius 2 is 1.55 bits per heavy atom. The van der Waals surface area contributed by atoms with Crippen molar-refractivity contribution in [3.8, 4) is 33.9 Å². The molecule has 0 unspecified atom stereocenters. The predicted octanol–water partition coefficient (Wildman–Crippen LogP) is 5.80. The lowest BCUT2D eigenvalue weighted by molar-refractivity contribution is -0.384. The molecule has 0 aliphatic heterocycles. The summed E-state index contributed by atoms with van der Waals surface area (Å²) in [6.07, 6.45) is 1.94. The van der Waals surface area contributed by atoms with Crippen LogP contribution in [0.15, 0.2) is 85.1 Å². The predicted molar refractivity (Wildman–Crippen MR) is 113 cm³/mol. The van der Waals surface area contributed by atoms with Crippen LogP contribution >= 0.6 is 0 Å². The molecule has 5 rings (SSSR count). The maximum atomic E-state index is 11.0. The molecule has 6 nitrogen and oxygen atoms in total. The van der Waals surface area contributed by atoms with Gasteiger partial charge >= 0.3 is 0 Å². The smallest absolute Gasteiger partial charge is 0.269 e. The average molecular weight is 380 g/mol. The summed E-state index contributed by atoms with van der Waals surface area (Å²) in [5, 5.41) is 12.1. The minimum Gasteiger partial charge on any atom is -0.360 e. The second kappa shape index (κ2) is 6.76. The molecule has 0 bridgehead atoms. The summed E-state index contributed by atoms with van der Waals surface area (Å²) in [5.41, 5.74) is 5.52. The Kier molecular flexibility index (Phi) is 3.95. The van der Waals surface area contributed by atoms with Gasteiger partial charge in [0.2, 0.25) is 0 Å². The summed E-state index contributed by atoms with van der Waals surface area (Å²) in [6, 6.07) is 24.5. The summed E-state index contributed by atoms with van der Waals surface area (Å²) in [6.45, 7) is 0. The van der Waals surface area contributed by atoms with Gasteiger partial charge in [0.05, 0.1) is 16.3 Å². The Labute approximate surface area is 166 Å². The van der Waals surface area contributed by atoms with E-state index in [4.69, 9.17) is 4.98 Å². The van der Waals surface area contributed by atoms with E-state index in [0.717, 1.165) is 44.8 Å². The summed E-state index contributed by atoms with van der Waals surface area (Å²) in [4.78, 5) is 22.2. The van der Waals surface area contributed by atoms with Gasteiger partial charge in [-0.3, -0.25) is 10.1 Å². The largest absolute Gasteiger partial charge is 0.360 e. The Morgan fingerprint density at radius 3 is 2.31 bits per heavy atom. The fourth-order valence-corrected chi connectivity index (χ4v) is 3.53. The first kappa shape index (κ1) is 16.9. The van der Waals surface area contributed by atoms with Crippen molar-refractivity contribution < 1.29 is 4.92 Å². The highest BCUT2D eigenvalue weighted by Crippen LogP contribution is 2.35. The number of nitro benzene ring substituents is 1. The maximum absolute atomic E-state index is 11.0. The van der Waals surface area contributed by atoms with Crippen LogP contribution in [0.25, 0.3) is 44.8 Å². The number of nitrogens with zero attached hydrogens (tertiary/aromatic N) is 2. The van der Waals surface area contributed by atoms with Crippen molar-refractivity contribution in [1.82, 2.24) is 15.0 Å². The van der Waals surface area contributed by atoms with E-state index in [2.05, 4.69) is 16.0 Å². The SMILES string of the molecule is O=[N+]([O-])c1ccc(-c2[nH]c(-c3c[nH]c4ccccc34)nc2-c2ccccc2)cc1. The number of fused-ring (bicyclic) bond motifs is 1. The lowest BCUT2D eigenvalue weighted by atomic mass is 10.0. The third kappa shape index (κ3) is 2.96. The van der Waals surface area contributed by atoms with Gasteiger partial charge in [-0.15, -0.1) is 0 Å². The van der Waals surface area contributed by atoms with Crippen LogP contribution in [0, 0.1) is 10.1 Å². The molecule has 0 aliphatic rings. The number of hydrogen-bond donors (Lipinski definition) is 2. The zero-order chi connectivity index (χ0) is 19.8. The molecule has 140 valence electrons. The third-order valence-corrected chi connectivity index (χ3v) is 4.96. The van der Waals surface area contributed by atoms with E-state index in [-0.39, 0.29) is 5.69 Å². The van der Waals surface area contributed by atoms with Gasteiger partial charge in [0.1, 0.15) is 5.82 Å². The number of H-pyrrole nitrogens is 2. The number of para-hydroxylation sites is 1. The highest BCUT2D eigenvalue weighted by Gasteiger charge is 2.18. The highest BCUT2D eigenvalue weighted by molar-refractivity contribution is 5.95. The summed E-state index contributed by atoms with van der Waals surface area (Å²) in [7, 11) is 0. The van der Waals surface area contributed by atoms with E-state index in [1.54, 1.807) is 12.1 Å². The lowest BCUT2D eigenvalue weighted by Crippen LogP contribution is -1.88. The minimum atomic E-state index is -0.397. The fourth-order valence-electron chi connectivity index (χ4n) is 3.53. The van der Waals surface area contributed by atoms with E-state index in [0.29, 0.717) is 0 Å². The van der Waals surface area contributed by atoms with Crippen molar-refractivity contribution in [2.24, 2.45) is 0 Å². The van der Waals surface area contributed by atoms with E-state index < -0.39 is 4.92 Å². The van der Waals surface area contributed by atoms with Crippen molar-refractivity contribution in [2.75, 3.05) is 0 Å². The van der Waals surface area contributed by atoms with Crippen molar-refractivity contribution in [1.29, 1.82) is 0 Å². The number of aromatic amines is 2. The first-order valence-electron chi connectivity index (χ1n) is 9.17. The second-order valence-electron chi connectivity index (χ2n) is 6.73. The first-order valence-corrected chi connectivity index (χ1v) is 9.17. The Bertz CT molecular complexity index is 1320. The minimum absolute atomic E-state index is 0.0615. The average Bonchev–Trinajstić information content (AvgIpc) is 3.39. The van der Waals surface area contributed by atoms with E-state index in [9.17, 15) is 10.1 Å². The molecule has 0 aliphatic carbocycles. The third-order valence-electron chi connectivity index (χ3n) is 4.96. The normalized spacial score (nSPS) is 11.0. The summed E-state index contributed by atoms with van der Waals surface area (Å²) >= 11 is 0. The van der Waals surface area contributed by atoms with Crippen LogP contribution in [-0.2, 0) is 0 Å². The number of non-ortho nitro benzene ring substituents is 1. The van der Waals surface area contributed by atoms with Crippen molar-refractivity contribution in [3.05, 3.63) is 95.2 Å². The van der Waals surface area contributed by atoms with Crippen molar-refractivity contribution in [3.63, 3.8) is 0 Å². The molecule has 2 N–H and O–H groups in total. The molecule has 0 spiro atoms. The molecule has 0 radical (unpaired) electrons. The summed E-state index contributed by atoms with van der Waals surface area (Å²) < 4.78 is 0. The van der Waals surface area contributed by atoms with E-state index >= 15 is 0 Å². The number of hydrogen-bond acceptors (Lipinski definition) is 3. The number of benzene rings is 3. The summed E-state index contributed by atoms with van der Waals surface area (Å²) in [5.74, 6) is 0.745. The van der Waals surface area contributed by atoms with Crippen LogP contribution in [0.5, 0.6) is 0 Å². The Hall–Kier alpha value is -4.19.